The Kier molecular flexibility index (Phi) is 3.91. The number of aryl methyl sites for hydroxylation is 1. The Balaban J connectivity index is 2.83. The van der Waals surface area contributed by atoms with Gasteiger partial charge in [0.05, 0.1) is 5.56 Å². The van der Waals surface area contributed by atoms with Gasteiger partial charge < -0.3 is 5.73 Å². The monoisotopic (exact) mass is 235 g/mol. The van der Waals surface area contributed by atoms with Gasteiger partial charge in [-0.15, -0.1) is 0 Å². The van der Waals surface area contributed by atoms with Crippen molar-refractivity contribution < 1.29 is 17.6 Å². The summed E-state index contributed by atoms with van der Waals surface area (Å²) in [6, 6.07) is 2.93. The molecule has 0 bridgehead atoms. The Hall–Kier alpha value is -1.10. The van der Waals surface area contributed by atoms with Crippen LogP contribution in [0.15, 0.2) is 18.2 Å². The summed E-state index contributed by atoms with van der Waals surface area (Å²) in [5.41, 5.74) is 4.81. The van der Waals surface area contributed by atoms with Crippen molar-refractivity contribution in [3.05, 3.63) is 35.1 Å². The van der Waals surface area contributed by atoms with E-state index in [0.717, 1.165) is 12.1 Å². The molecule has 0 aliphatic heterocycles. The number of nitrogens with two attached hydrogens (primary N) is 1. The number of halogens is 4. The second kappa shape index (κ2) is 4.82. The third-order valence-corrected chi connectivity index (χ3v) is 2.23. The molecule has 1 rings (SSSR count). The van der Waals surface area contributed by atoms with Gasteiger partial charge in [0.1, 0.15) is 5.82 Å². The van der Waals surface area contributed by atoms with Gasteiger partial charge in [0, 0.05) is 6.04 Å². The third-order valence-electron chi connectivity index (χ3n) is 2.23. The third kappa shape index (κ3) is 3.48. The maximum Gasteiger partial charge on any atom is 0.419 e. The lowest BCUT2D eigenvalue weighted by atomic mass is 10.0. The van der Waals surface area contributed by atoms with Crippen molar-refractivity contribution >= 4 is 0 Å². The number of alkyl halides is 3. The summed E-state index contributed by atoms with van der Waals surface area (Å²) in [6.07, 6.45) is -3.54. The van der Waals surface area contributed by atoms with Crippen LogP contribution in [0.4, 0.5) is 17.6 Å². The van der Waals surface area contributed by atoms with Crippen LogP contribution in [-0.4, -0.2) is 6.04 Å². The van der Waals surface area contributed by atoms with Gasteiger partial charge in [0.25, 0.3) is 0 Å². The Morgan fingerprint density at radius 3 is 2.38 bits per heavy atom. The van der Waals surface area contributed by atoms with E-state index in [4.69, 9.17) is 5.73 Å². The number of rotatable bonds is 3. The molecule has 0 unspecified atom stereocenters. The van der Waals surface area contributed by atoms with Gasteiger partial charge in [-0.2, -0.15) is 13.2 Å². The van der Waals surface area contributed by atoms with Crippen molar-refractivity contribution in [3.8, 4) is 0 Å². The standard InChI is InChI=1S/C11H13F4N/c1-7(16)2-3-8-4-5-9(10(12)6-8)11(13,14)15/h4-7H,2-3,16H2,1H3/t7-/m0/s1. The summed E-state index contributed by atoms with van der Waals surface area (Å²) in [6.45, 7) is 1.79. The summed E-state index contributed by atoms with van der Waals surface area (Å²) in [7, 11) is 0. The maximum atomic E-state index is 13.1. The zero-order valence-corrected chi connectivity index (χ0v) is 8.81. The van der Waals surface area contributed by atoms with E-state index in [1.807, 2.05) is 0 Å². The van der Waals surface area contributed by atoms with Gasteiger partial charge >= 0.3 is 6.18 Å². The molecule has 1 atom stereocenters. The maximum absolute atomic E-state index is 13.1. The van der Waals surface area contributed by atoms with Gasteiger partial charge in [-0.1, -0.05) is 6.07 Å². The molecule has 0 fully saturated rings. The Morgan fingerprint density at radius 1 is 1.31 bits per heavy atom. The highest BCUT2D eigenvalue weighted by Gasteiger charge is 2.33. The molecule has 16 heavy (non-hydrogen) atoms. The molecule has 5 heteroatoms. The highest BCUT2D eigenvalue weighted by Crippen LogP contribution is 2.31. The van der Waals surface area contributed by atoms with Crippen LogP contribution in [0.2, 0.25) is 0 Å². The lowest BCUT2D eigenvalue weighted by Crippen LogP contribution is -2.15. The first-order valence-corrected chi connectivity index (χ1v) is 4.92. The molecule has 1 aromatic carbocycles. The van der Waals surface area contributed by atoms with Gasteiger partial charge in [0.15, 0.2) is 0 Å². The van der Waals surface area contributed by atoms with Crippen LogP contribution in [0, 0.1) is 5.82 Å². The molecular formula is C11H13F4N. The fourth-order valence-corrected chi connectivity index (χ4v) is 1.34. The Bertz CT molecular complexity index is 357. The van der Waals surface area contributed by atoms with Crippen molar-refractivity contribution in [2.45, 2.75) is 32.0 Å². The molecule has 0 aromatic heterocycles. The van der Waals surface area contributed by atoms with E-state index >= 15 is 0 Å². The summed E-state index contributed by atoms with van der Waals surface area (Å²) in [5, 5.41) is 0. The Morgan fingerprint density at radius 2 is 1.94 bits per heavy atom. The fourth-order valence-electron chi connectivity index (χ4n) is 1.34. The van der Waals surface area contributed by atoms with E-state index < -0.39 is 17.6 Å². The minimum Gasteiger partial charge on any atom is -0.328 e. The number of hydrogen-bond donors (Lipinski definition) is 1. The molecule has 0 saturated heterocycles. The summed E-state index contributed by atoms with van der Waals surface area (Å²) in [5.74, 6) is -1.23. The molecule has 0 heterocycles. The smallest absolute Gasteiger partial charge is 0.328 e. The highest BCUT2D eigenvalue weighted by molar-refractivity contribution is 5.26. The predicted molar refractivity (Wildman–Crippen MR) is 53.4 cm³/mol. The van der Waals surface area contributed by atoms with E-state index in [2.05, 4.69) is 0 Å². The second-order valence-corrected chi connectivity index (χ2v) is 3.83. The molecule has 1 nitrogen and oxygen atoms in total. The predicted octanol–water partition coefficient (Wildman–Crippen LogP) is 3.12. The first kappa shape index (κ1) is 13.0. The largest absolute Gasteiger partial charge is 0.419 e. The van der Waals surface area contributed by atoms with E-state index in [0.29, 0.717) is 18.4 Å². The zero-order chi connectivity index (χ0) is 12.3. The summed E-state index contributed by atoms with van der Waals surface area (Å²) < 4.78 is 49.8. The van der Waals surface area contributed by atoms with Crippen molar-refractivity contribution in [2.24, 2.45) is 5.73 Å². The van der Waals surface area contributed by atoms with E-state index in [-0.39, 0.29) is 6.04 Å². The van der Waals surface area contributed by atoms with Crippen molar-refractivity contribution in [1.82, 2.24) is 0 Å². The van der Waals surface area contributed by atoms with Gasteiger partial charge in [-0.25, -0.2) is 4.39 Å². The van der Waals surface area contributed by atoms with Crippen LogP contribution in [0.3, 0.4) is 0 Å². The average molecular weight is 235 g/mol. The van der Waals surface area contributed by atoms with Crippen LogP contribution >= 0.6 is 0 Å². The van der Waals surface area contributed by atoms with E-state index in [1.54, 1.807) is 6.92 Å². The molecule has 0 saturated carbocycles. The highest BCUT2D eigenvalue weighted by atomic mass is 19.4. The van der Waals surface area contributed by atoms with Crippen molar-refractivity contribution in [3.63, 3.8) is 0 Å². The minimum atomic E-state index is -4.64. The first-order valence-electron chi connectivity index (χ1n) is 4.92. The van der Waals surface area contributed by atoms with Crippen LogP contribution in [0.1, 0.15) is 24.5 Å². The van der Waals surface area contributed by atoms with Crippen LogP contribution in [0.25, 0.3) is 0 Å². The molecule has 90 valence electrons. The van der Waals surface area contributed by atoms with Crippen LogP contribution in [0.5, 0.6) is 0 Å². The molecule has 0 amide bonds. The SMILES string of the molecule is C[C@H](N)CCc1ccc(C(F)(F)F)c(F)c1. The van der Waals surface area contributed by atoms with E-state index in [9.17, 15) is 17.6 Å². The minimum absolute atomic E-state index is 0.0506. The van der Waals surface area contributed by atoms with Crippen molar-refractivity contribution in [2.75, 3.05) is 0 Å². The van der Waals surface area contributed by atoms with Gasteiger partial charge in [0.2, 0.25) is 0 Å². The number of hydrogen-bond acceptors (Lipinski definition) is 1. The summed E-state index contributed by atoms with van der Waals surface area (Å²) in [4.78, 5) is 0. The van der Waals surface area contributed by atoms with Crippen LogP contribution < -0.4 is 5.73 Å². The van der Waals surface area contributed by atoms with Gasteiger partial charge in [-0.3, -0.25) is 0 Å². The number of benzene rings is 1. The topological polar surface area (TPSA) is 26.0 Å². The molecule has 2 N–H and O–H groups in total. The van der Waals surface area contributed by atoms with Crippen molar-refractivity contribution in [1.29, 1.82) is 0 Å². The van der Waals surface area contributed by atoms with E-state index in [1.165, 1.54) is 6.07 Å². The van der Waals surface area contributed by atoms with Gasteiger partial charge in [-0.05, 0) is 37.5 Å². The lowest BCUT2D eigenvalue weighted by Gasteiger charge is -2.10. The molecule has 0 radical (unpaired) electrons. The molecular weight excluding hydrogens is 222 g/mol. The fraction of sp³-hybridized carbons (Fsp3) is 0.455. The zero-order valence-electron chi connectivity index (χ0n) is 8.81. The quantitative estimate of drug-likeness (QED) is 0.800. The molecule has 0 aliphatic carbocycles. The normalized spacial score (nSPS) is 13.9. The molecule has 1 aromatic rings. The lowest BCUT2D eigenvalue weighted by molar-refractivity contribution is -0.140. The second-order valence-electron chi connectivity index (χ2n) is 3.83. The van der Waals surface area contributed by atoms with Crippen LogP contribution in [-0.2, 0) is 12.6 Å². The Labute approximate surface area is 91.3 Å². The molecule has 0 spiro atoms. The summed E-state index contributed by atoms with van der Waals surface area (Å²) >= 11 is 0. The molecule has 0 aliphatic rings. The first-order chi connectivity index (χ1) is 7.30. The average Bonchev–Trinajstić information content (AvgIpc) is 2.12.